The number of para-hydroxylation sites is 1. The number of benzene rings is 2. The Hall–Kier alpha value is -3.41. The third kappa shape index (κ3) is 2.99. The Balaban J connectivity index is 1.87. The Kier molecular flexibility index (Phi) is 4.24. The molecule has 1 aromatic heterocycles. The molecule has 0 fully saturated rings. The number of aromatic nitrogens is 2. The first-order valence-corrected chi connectivity index (χ1v) is 8.79. The largest absolute Gasteiger partial charge is 0.493 e. The SMILES string of the molecule is CCOc1ccccc1C=C1CCn2c1nc1cc(C(=O)O)ccc1c2=O. The lowest BCUT2D eigenvalue weighted by molar-refractivity contribution is 0.0697. The molecule has 136 valence electrons. The lowest BCUT2D eigenvalue weighted by Gasteiger charge is -2.08. The predicted octanol–water partition coefficient (Wildman–Crippen LogP) is 3.44. The van der Waals surface area contributed by atoms with E-state index in [2.05, 4.69) is 4.98 Å². The maximum Gasteiger partial charge on any atom is 0.335 e. The van der Waals surface area contributed by atoms with Crippen LogP contribution >= 0.6 is 0 Å². The van der Waals surface area contributed by atoms with E-state index in [9.17, 15) is 14.7 Å². The van der Waals surface area contributed by atoms with Crippen molar-refractivity contribution in [3.05, 3.63) is 69.8 Å². The number of rotatable bonds is 4. The van der Waals surface area contributed by atoms with Crippen LogP contribution in [0.2, 0.25) is 0 Å². The molecule has 6 heteroatoms. The lowest BCUT2D eigenvalue weighted by atomic mass is 10.1. The number of carboxylic acids is 1. The van der Waals surface area contributed by atoms with E-state index in [1.165, 1.54) is 18.2 Å². The van der Waals surface area contributed by atoms with Gasteiger partial charge in [0.2, 0.25) is 0 Å². The van der Waals surface area contributed by atoms with Gasteiger partial charge in [-0.25, -0.2) is 9.78 Å². The molecule has 0 aliphatic carbocycles. The Bertz CT molecular complexity index is 1140. The summed E-state index contributed by atoms with van der Waals surface area (Å²) in [6, 6.07) is 12.1. The number of hydrogen-bond acceptors (Lipinski definition) is 4. The highest BCUT2D eigenvalue weighted by Gasteiger charge is 2.21. The smallest absolute Gasteiger partial charge is 0.335 e. The second kappa shape index (κ2) is 6.72. The van der Waals surface area contributed by atoms with Gasteiger partial charge in [-0.15, -0.1) is 0 Å². The van der Waals surface area contributed by atoms with E-state index in [1.807, 2.05) is 37.3 Å². The first-order valence-electron chi connectivity index (χ1n) is 8.79. The van der Waals surface area contributed by atoms with Crippen molar-refractivity contribution in [2.45, 2.75) is 19.9 Å². The fourth-order valence-corrected chi connectivity index (χ4v) is 3.36. The second-order valence-corrected chi connectivity index (χ2v) is 6.32. The number of nitrogens with zero attached hydrogens (tertiary/aromatic N) is 2. The molecule has 0 atom stereocenters. The van der Waals surface area contributed by atoms with Gasteiger partial charge in [0.1, 0.15) is 11.6 Å². The summed E-state index contributed by atoms with van der Waals surface area (Å²) in [5.41, 5.74) is 2.23. The Morgan fingerprint density at radius 1 is 1.30 bits per heavy atom. The van der Waals surface area contributed by atoms with Crippen LogP contribution in [0.25, 0.3) is 22.6 Å². The third-order valence-corrected chi connectivity index (χ3v) is 4.64. The van der Waals surface area contributed by atoms with Crippen LogP contribution in [0.4, 0.5) is 0 Å². The molecule has 6 nitrogen and oxygen atoms in total. The van der Waals surface area contributed by atoms with Crippen LogP contribution in [-0.2, 0) is 6.54 Å². The number of hydrogen-bond donors (Lipinski definition) is 1. The van der Waals surface area contributed by atoms with Crippen LogP contribution in [0.3, 0.4) is 0 Å². The second-order valence-electron chi connectivity index (χ2n) is 6.32. The molecule has 0 radical (unpaired) electrons. The number of aromatic carboxylic acids is 1. The van der Waals surface area contributed by atoms with Gasteiger partial charge in [0, 0.05) is 12.1 Å². The highest BCUT2D eigenvalue weighted by atomic mass is 16.5. The Labute approximate surface area is 155 Å². The maximum atomic E-state index is 12.8. The van der Waals surface area contributed by atoms with Gasteiger partial charge in [0.25, 0.3) is 5.56 Å². The molecule has 3 aromatic rings. The Morgan fingerprint density at radius 2 is 2.11 bits per heavy atom. The number of carbonyl (C=O) groups is 1. The number of fused-ring (bicyclic) bond motifs is 2. The Morgan fingerprint density at radius 3 is 2.89 bits per heavy atom. The van der Waals surface area contributed by atoms with Gasteiger partial charge < -0.3 is 9.84 Å². The molecule has 27 heavy (non-hydrogen) atoms. The van der Waals surface area contributed by atoms with Crippen molar-refractivity contribution in [1.82, 2.24) is 9.55 Å². The van der Waals surface area contributed by atoms with Crippen LogP contribution in [0.15, 0.2) is 47.3 Å². The minimum atomic E-state index is -1.04. The molecule has 2 aromatic carbocycles. The van der Waals surface area contributed by atoms with Gasteiger partial charge in [-0.3, -0.25) is 9.36 Å². The molecule has 1 aliphatic heterocycles. The number of carboxylic acid groups (broad SMARTS) is 1. The van der Waals surface area contributed by atoms with Crippen LogP contribution in [0.1, 0.15) is 35.1 Å². The van der Waals surface area contributed by atoms with Crippen molar-refractivity contribution in [3.63, 3.8) is 0 Å². The van der Waals surface area contributed by atoms with E-state index >= 15 is 0 Å². The molecule has 0 unspecified atom stereocenters. The van der Waals surface area contributed by atoms with Gasteiger partial charge in [-0.1, -0.05) is 18.2 Å². The average Bonchev–Trinajstić information content (AvgIpc) is 3.06. The zero-order chi connectivity index (χ0) is 19.0. The van der Waals surface area contributed by atoms with E-state index < -0.39 is 5.97 Å². The third-order valence-electron chi connectivity index (χ3n) is 4.64. The first-order chi connectivity index (χ1) is 13.1. The molecule has 2 heterocycles. The zero-order valence-corrected chi connectivity index (χ0v) is 14.8. The summed E-state index contributed by atoms with van der Waals surface area (Å²) >= 11 is 0. The van der Waals surface area contributed by atoms with Crippen molar-refractivity contribution in [3.8, 4) is 5.75 Å². The quantitative estimate of drug-likeness (QED) is 0.769. The summed E-state index contributed by atoms with van der Waals surface area (Å²) < 4.78 is 7.32. The van der Waals surface area contributed by atoms with Gasteiger partial charge in [0.05, 0.1) is 23.1 Å². The minimum absolute atomic E-state index is 0.115. The highest BCUT2D eigenvalue weighted by molar-refractivity contribution is 5.93. The summed E-state index contributed by atoms with van der Waals surface area (Å²) in [7, 11) is 0. The topological polar surface area (TPSA) is 81.4 Å². The number of ether oxygens (including phenoxy) is 1. The molecular formula is C21H18N2O4. The summed E-state index contributed by atoms with van der Waals surface area (Å²) in [4.78, 5) is 28.6. The summed E-state index contributed by atoms with van der Waals surface area (Å²) in [6.07, 6.45) is 2.67. The van der Waals surface area contributed by atoms with E-state index in [0.717, 1.165) is 16.9 Å². The fraction of sp³-hybridized carbons (Fsp3) is 0.190. The van der Waals surface area contributed by atoms with Gasteiger partial charge in [-0.05, 0) is 49.3 Å². The normalized spacial score (nSPS) is 14.5. The van der Waals surface area contributed by atoms with Crippen molar-refractivity contribution < 1.29 is 14.6 Å². The van der Waals surface area contributed by atoms with Crippen LogP contribution < -0.4 is 10.3 Å². The predicted molar refractivity (Wildman–Crippen MR) is 103 cm³/mol. The lowest BCUT2D eigenvalue weighted by Crippen LogP contribution is -2.21. The molecule has 0 saturated carbocycles. The van der Waals surface area contributed by atoms with E-state index in [4.69, 9.17) is 4.74 Å². The van der Waals surface area contributed by atoms with Crippen molar-refractivity contribution in [2.24, 2.45) is 0 Å². The molecule has 0 amide bonds. The first kappa shape index (κ1) is 17.0. The van der Waals surface area contributed by atoms with E-state index in [1.54, 1.807) is 4.57 Å². The molecule has 0 spiro atoms. The maximum absolute atomic E-state index is 12.8. The molecule has 1 N–H and O–H groups in total. The summed E-state index contributed by atoms with van der Waals surface area (Å²) in [6.45, 7) is 3.06. The minimum Gasteiger partial charge on any atom is -0.493 e. The van der Waals surface area contributed by atoms with E-state index in [0.29, 0.717) is 36.3 Å². The molecule has 1 aliphatic rings. The number of allylic oxidation sites excluding steroid dienone is 1. The monoisotopic (exact) mass is 362 g/mol. The van der Waals surface area contributed by atoms with Crippen molar-refractivity contribution in [2.75, 3.05) is 6.61 Å². The zero-order valence-electron chi connectivity index (χ0n) is 14.8. The van der Waals surface area contributed by atoms with Crippen molar-refractivity contribution in [1.29, 1.82) is 0 Å². The molecular weight excluding hydrogens is 344 g/mol. The van der Waals surface area contributed by atoms with Gasteiger partial charge >= 0.3 is 5.97 Å². The average molecular weight is 362 g/mol. The van der Waals surface area contributed by atoms with Crippen molar-refractivity contribution >= 4 is 28.5 Å². The highest BCUT2D eigenvalue weighted by Crippen LogP contribution is 2.30. The van der Waals surface area contributed by atoms with Crippen LogP contribution in [-0.4, -0.2) is 27.2 Å². The van der Waals surface area contributed by atoms with Crippen LogP contribution in [0, 0.1) is 0 Å². The van der Waals surface area contributed by atoms with E-state index in [-0.39, 0.29) is 11.1 Å². The van der Waals surface area contributed by atoms with Crippen LogP contribution in [0.5, 0.6) is 5.75 Å². The standard InChI is InChI=1S/C21H18N2O4/c1-2-27-18-6-4-3-5-13(18)11-14-9-10-23-19(14)22-17-12-15(21(25)26)7-8-16(17)20(23)24/h3-8,11-12H,2,9-10H2,1H3,(H,25,26). The fourth-order valence-electron chi connectivity index (χ4n) is 3.36. The molecule has 0 saturated heterocycles. The van der Waals surface area contributed by atoms with Gasteiger partial charge in [-0.2, -0.15) is 0 Å². The summed E-state index contributed by atoms with van der Waals surface area (Å²) in [5, 5.41) is 9.63. The molecule has 4 rings (SSSR count). The summed E-state index contributed by atoms with van der Waals surface area (Å²) in [5.74, 6) is 0.323. The van der Waals surface area contributed by atoms with Gasteiger partial charge in [0.15, 0.2) is 0 Å². The molecule has 0 bridgehead atoms.